The number of hydrogen-bond donors (Lipinski definition) is 15. The number of nitrogens with one attached hydrogen (secondary N) is 11. The first-order chi connectivity index (χ1) is 48.3. The number of nitrogens with two attached hydrogens (primary N) is 2. The first kappa shape index (κ1) is 99.0. The van der Waals surface area contributed by atoms with Crippen molar-refractivity contribution >= 4 is 81.9 Å². The number of carbonyl (C=O) groups excluding carboxylic acids is 12. The maximum Gasteiger partial charge on any atom is 0.246 e. The van der Waals surface area contributed by atoms with Gasteiger partial charge < -0.3 is 93.5 Å². The first-order valence-corrected chi connectivity index (χ1v) is 36.0. The Morgan fingerprint density at radius 3 is 1.13 bits per heavy atom. The molecule has 0 saturated heterocycles. The molecule has 0 radical (unpaired) electrons. The van der Waals surface area contributed by atoms with Crippen LogP contribution in [0.4, 0.5) is 0 Å². The van der Waals surface area contributed by atoms with Gasteiger partial charge in [0, 0.05) is 77.9 Å². The van der Waals surface area contributed by atoms with Crippen LogP contribution in [0.15, 0.2) is 10.3 Å². The average molecular weight is 1460 g/mol. The molecule has 0 unspecified atom stereocenters. The molecule has 9 amide bonds. The Balaban J connectivity index is -0.00000819. The van der Waals surface area contributed by atoms with Gasteiger partial charge in [-0.15, -0.1) is 0 Å². The monoisotopic (exact) mass is 1460 g/mol. The number of rotatable bonds is 62. The quantitative estimate of drug-likeness (QED) is 0.0178. The van der Waals surface area contributed by atoms with Crippen LogP contribution in [0.3, 0.4) is 0 Å². The van der Waals surface area contributed by atoms with Crippen LogP contribution in [0, 0.1) is 0 Å². The molecular formula is C69H131N15O18. The molecular weight excluding hydrogens is 1330 g/mol. The van der Waals surface area contributed by atoms with E-state index in [0.717, 1.165) is 19.3 Å². The van der Waals surface area contributed by atoms with E-state index >= 15 is 0 Å². The summed E-state index contributed by atoms with van der Waals surface area (Å²) in [4.78, 5) is 145. The topological polar surface area (TPSA) is 491 Å². The minimum atomic E-state index is -0.935. The van der Waals surface area contributed by atoms with E-state index in [1.807, 2.05) is 27.7 Å². The molecule has 590 valence electrons. The summed E-state index contributed by atoms with van der Waals surface area (Å²) < 4.78 is 21.5. The number of hydrogen-bond acceptors (Lipinski definition) is 24. The van der Waals surface area contributed by atoms with Crippen molar-refractivity contribution in [2.75, 3.05) is 112 Å². The number of carbonyl (C=O) groups is 12. The molecule has 0 fully saturated rings. The summed E-state index contributed by atoms with van der Waals surface area (Å²) in [7, 11) is 0. The van der Waals surface area contributed by atoms with Crippen LogP contribution in [0.5, 0.6) is 0 Å². The van der Waals surface area contributed by atoms with E-state index in [1.54, 1.807) is 20.8 Å². The summed E-state index contributed by atoms with van der Waals surface area (Å²) in [6.45, 7) is 24.3. The zero-order chi connectivity index (χ0) is 77.6. The summed E-state index contributed by atoms with van der Waals surface area (Å²) in [6.07, 6.45) is 10.3. The Morgan fingerprint density at radius 1 is 0.392 bits per heavy atom. The van der Waals surface area contributed by atoms with Crippen molar-refractivity contribution in [1.82, 2.24) is 58.5 Å². The Bertz CT molecular complexity index is 2430. The van der Waals surface area contributed by atoms with Gasteiger partial charge >= 0.3 is 0 Å². The van der Waals surface area contributed by atoms with Crippen LogP contribution < -0.4 is 70.0 Å². The van der Waals surface area contributed by atoms with Crippen molar-refractivity contribution in [3.05, 3.63) is 0 Å². The Morgan fingerprint density at radius 2 is 0.755 bits per heavy atom. The zero-order valence-corrected chi connectivity index (χ0v) is 63.4. The van der Waals surface area contributed by atoms with Gasteiger partial charge in [0.15, 0.2) is 0 Å². The van der Waals surface area contributed by atoms with Crippen LogP contribution in [0.25, 0.3) is 0 Å². The van der Waals surface area contributed by atoms with E-state index < -0.39 is 58.9 Å². The molecule has 0 aromatic rings. The van der Waals surface area contributed by atoms with Crippen molar-refractivity contribution in [3.8, 4) is 0 Å². The summed E-state index contributed by atoms with van der Waals surface area (Å²) >= 11 is 0. The lowest BCUT2D eigenvalue weighted by molar-refractivity contribution is -0.129. The van der Waals surface area contributed by atoms with E-state index in [0.29, 0.717) is 81.5 Å². The van der Waals surface area contributed by atoms with E-state index in [9.17, 15) is 67.9 Å². The predicted octanol–water partition coefficient (Wildman–Crippen LogP) is 1.53. The number of Topliss-reactive ketones (excluding diaryl/α,β-unsaturated/α-hetero) is 3. The van der Waals surface area contributed by atoms with Crippen LogP contribution in [-0.2, 0) is 76.5 Å². The van der Waals surface area contributed by atoms with Crippen molar-refractivity contribution in [1.29, 1.82) is 0 Å². The second-order valence-electron chi connectivity index (χ2n) is 25.9. The first-order valence-electron chi connectivity index (χ1n) is 36.0. The van der Waals surface area contributed by atoms with Crippen molar-refractivity contribution in [3.63, 3.8) is 0 Å². The Hall–Kier alpha value is -7.14. The molecule has 0 saturated carbocycles. The fraction of sp³-hybridized carbons (Fsp3) is 0.797. The molecule has 0 spiro atoms. The van der Waals surface area contributed by atoms with E-state index in [4.69, 9.17) is 30.4 Å². The summed E-state index contributed by atoms with van der Waals surface area (Å²) in [5.41, 5.74) is 10.3. The maximum absolute atomic E-state index is 13.5. The molecule has 0 rings (SSSR count). The van der Waals surface area contributed by atoms with Gasteiger partial charge in [-0.05, 0) is 139 Å². The normalized spacial score (nSPS) is 12.4. The molecule has 0 aliphatic carbocycles. The molecule has 102 heavy (non-hydrogen) atoms. The second kappa shape index (κ2) is 63.5. The average Bonchev–Trinajstić information content (AvgIpc) is 0.873. The molecule has 17 N–H and O–H groups in total. The van der Waals surface area contributed by atoms with Gasteiger partial charge in [0.25, 0.3) is 0 Å². The van der Waals surface area contributed by atoms with Gasteiger partial charge in [-0.25, -0.2) is 0 Å². The smallest absolute Gasteiger partial charge is 0.246 e. The molecule has 0 aliphatic rings. The molecule has 0 aliphatic heterocycles. The molecule has 0 aromatic carbocycles. The lowest BCUT2D eigenvalue weighted by Crippen LogP contribution is -2.57. The Labute approximate surface area is 605 Å². The predicted molar refractivity (Wildman–Crippen MR) is 390 cm³/mol. The van der Waals surface area contributed by atoms with Crippen molar-refractivity contribution in [2.45, 2.75) is 247 Å². The highest BCUT2D eigenvalue weighted by Gasteiger charge is 2.28. The fourth-order valence-electron chi connectivity index (χ4n) is 8.52. The number of amides is 9. The summed E-state index contributed by atoms with van der Waals surface area (Å²) in [6, 6.07) is -2.73. The lowest BCUT2D eigenvalue weighted by Gasteiger charge is -2.32. The number of ether oxygens (including phenoxy) is 4. The summed E-state index contributed by atoms with van der Waals surface area (Å²) in [5, 5.41) is 57.0. The Kier molecular flexibility index (Phi) is 61.7. The lowest BCUT2D eigenvalue weighted by atomic mass is 9.98. The van der Waals surface area contributed by atoms with E-state index in [2.05, 4.69) is 89.6 Å². The highest BCUT2D eigenvalue weighted by atomic mass is 16.5. The van der Waals surface area contributed by atoms with Crippen LogP contribution >= 0.6 is 0 Å². The third kappa shape index (κ3) is 60.4. The minimum absolute atomic E-state index is 0.00535. The fourth-order valence-corrected chi connectivity index (χ4v) is 8.52. The minimum Gasteiger partial charge on any atom is -0.411 e. The maximum atomic E-state index is 13.5. The molecule has 3 atom stereocenters. The number of unbranched alkanes of at least 4 members (excludes halogenated alkanes) is 5. The van der Waals surface area contributed by atoms with Gasteiger partial charge in [-0.1, -0.05) is 50.3 Å². The largest absolute Gasteiger partial charge is 0.411 e. The molecule has 33 heteroatoms. The van der Waals surface area contributed by atoms with Crippen LogP contribution in [0.1, 0.15) is 212 Å². The standard InChI is InChI=1S/C59H109N15O17.C6H12O.C4H10/c1-41(75)35-67-46(55(60)83)17-9-12-25-63-53(81)39-90-33-32-89-30-28-65-54(82)40-91-34-31-88-29-27-64-50(78)21-15-20-49(77)62-24-13-11-19-48(57(85)66-26-14-10-18-47(56(61)84)68-36-42(2)76)72-52(80)23-16-22-51(79)71-45(37-69-58(5,6)43(3)73-86)38-70-59(7,8)44(4)74-87;1-3-4-5-6(2)7;1-3-4-2/h45-48,67-70,86-87H,9-40H2,1-8H3,(H2,60,83)(H2,61,84)(H,62,77)(H,63,81)(H,64,78)(H,65,82)(H,66,85)(H,71,79)(H,72,80);3-5H2,1-2H3;3-4H2,1-2H3/b73-43+,74-44+;;/t46-,47-,48-;;/m0../s1. The van der Waals surface area contributed by atoms with Crippen molar-refractivity contribution < 1.29 is 86.9 Å². The van der Waals surface area contributed by atoms with Gasteiger partial charge in [-0.3, -0.25) is 63.4 Å². The zero-order valence-electron chi connectivity index (χ0n) is 63.4. The second-order valence-corrected chi connectivity index (χ2v) is 25.9. The van der Waals surface area contributed by atoms with E-state index in [-0.39, 0.29) is 185 Å². The molecule has 0 aromatic heterocycles. The number of oxime groups is 2. The molecule has 33 nitrogen and oxygen atoms in total. The SMILES string of the molecule is CC(=O)CN[C@@H](CCCCNC(=O)COCCOCCNC(=O)COCCOCCNC(=O)CCCC(=O)NCCCC[C@H](NC(=O)CCCC(=O)NC(CNC(C)(C)/C(C)=N/O)CNC(C)(C)/C(C)=N/O)C(=O)NCCCC[C@H](NCC(C)=O)C(N)=O)C(N)=O.CCCC.CCCCC(C)=O. The molecule has 0 bridgehead atoms. The van der Waals surface area contributed by atoms with Gasteiger partial charge in [0.05, 0.1) is 93.4 Å². The van der Waals surface area contributed by atoms with Crippen molar-refractivity contribution in [2.24, 2.45) is 21.8 Å². The highest BCUT2D eigenvalue weighted by molar-refractivity contribution is 5.91. The summed E-state index contributed by atoms with van der Waals surface area (Å²) in [5.74, 6) is -3.45. The number of ketones is 3. The third-order valence-corrected chi connectivity index (χ3v) is 15.6. The highest BCUT2D eigenvalue weighted by Crippen LogP contribution is 2.10. The third-order valence-electron chi connectivity index (χ3n) is 15.6. The van der Waals surface area contributed by atoms with Gasteiger partial charge in [0.2, 0.25) is 53.2 Å². The van der Waals surface area contributed by atoms with Crippen LogP contribution in [0.2, 0.25) is 0 Å². The van der Waals surface area contributed by atoms with Gasteiger partial charge in [0.1, 0.15) is 36.6 Å². The van der Waals surface area contributed by atoms with E-state index in [1.165, 1.54) is 26.7 Å². The van der Waals surface area contributed by atoms with Gasteiger partial charge in [-0.2, -0.15) is 0 Å². The molecule has 0 heterocycles. The number of nitrogens with zero attached hydrogens (tertiary/aromatic N) is 2. The van der Waals surface area contributed by atoms with Crippen LogP contribution in [-0.4, -0.2) is 239 Å². The number of primary amides is 2.